The van der Waals surface area contributed by atoms with Gasteiger partial charge in [0.25, 0.3) is 0 Å². The fourth-order valence-electron chi connectivity index (χ4n) is 12.5. The summed E-state index contributed by atoms with van der Waals surface area (Å²) in [5, 5.41) is 10.6. The molecule has 0 amide bonds. The second kappa shape index (κ2) is 71.3. The Morgan fingerprint density at radius 3 is 0.680 bits per heavy atom. The molecule has 0 fully saturated rings. The smallest absolute Gasteiger partial charge is 0.462 e. The number of carbonyl (C=O) groups excluding carboxylic acids is 4. The SMILES string of the molecule is CCCCCCCCCCCCC(=O)OC[C@H](COP(=O)(O)OC[C@H](O)COP(=O)(O)OC[C@@H](COC(=O)CCCCCCCCCCCCCCCCCC(C)C)OC(=O)CCCCCCCCCCCCCCCCCCC(C)C)OC(=O)CCCCCCCCCCCCC(C)C. The van der Waals surface area contributed by atoms with E-state index in [0.29, 0.717) is 25.7 Å². The van der Waals surface area contributed by atoms with Crippen LogP contribution >= 0.6 is 15.6 Å². The van der Waals surface area contributed by atoms with Gasteiger partial charge in [-0.3, -0.25) is 37.3 Å². The topological polar surface area (TPSA) is 237 Å². The number of hydrogen-bond donors (Lipinski definition) is 3. The van der Waals surface area contributed by atoms with Gasteiger partial charge in [0.05, 0.1) is 26.4 Å². The molecule has 3 N–H and O–H groups in total. The van der Waals surface area contributed by atoms with Crippen molar-refractivity contribution in [2.75, 3.05) is 39.6 Å². The summed E-state index contributed by atoms with van der Waals surface area (Å²) in [6, 6.07) is 0. The van der Waals surface area contributed by atoms with Crippen molar-refractivity contribution in [1.82, 2.24) is 0 Å². The standard InChI is InChI=1S/C81H158O17P2/c1-8-9-10-11-12-13-34-41-48-55-62-78(83)91-68-76(98-81(86)65-58-51-44-37-30-29-33-40-47-54-61-74(6)7)70-95-99(87,88)93-66-75(82)67-94-100(89,90)96-71-77(69-92-79(84)63-56-49-42-35-27-23-20-16-18-22-26-32-39-46-53-60-73(4)5)97-80(85)64-57-50-43-36-28-24-19-15-14-17-21-25-31-38-45-52-59-72(2)3/h72-77,82H,8-71H2,1-7H3,(H,87,88)(H,89,90)/t75-,76+,77+/m0/s1. The first-order valence-corrected chi connectivity index (χ1v) is 44.8. The molecule has 0 bridgehead atoms. The van der Waals surface area contributed by atoms with Gasteiger partial charge in [-0.1, -0.05) is 370 Å². The minimum absolute atomic E-state index is 0.106. The molecule has 0 aromatic carbocycles. The second-order valence-electron chi connectivity index (χ2n) is 30.6. The zero-order valence-electron chi connectivity index (χ0n) is 65.7. The van der Waals surface area contributed by atoms with Crippen LogP contribution in [0.3, 0.4) is 0 Å². The zero-order valence-corrected chi connectivity index (χ0v) is 67.5. The van der Waals surface area contributed by atoms with E-state index in [0.717, 1.165) is 108 Å². The second-order valence-corrected chi connectivity index (χ2v) is 33.5. The molecule has 100 heavy (non-hydrogen) atoms. The van der Waals surface area contributed by atoms with Gasteiger partial charge >= 0.3 is 39.5 Å². The third-order valence-electron chi connectivity index (χ3n) is 18.9. The molecule has 594 valence electrons. The third kappa shape index (κ3) is 74.3. The van der Waals surface area contributed by atoms with Crippen molar-refractivity contribution in [3.63, 3.8) is 0 Å². The lowest BCUT2D eigenvalue weighted by atomic mass is 10.0. The number of phosphoric ester groups is 2. The van der Waals surface area contributed by atoms with E-state index in [4.69, 9.17) is 37.0 Å². The van der Waals surface area contributed by atoms with Crippen LogP contribution in [0.4, 0.5) is 0 Å². The molecule has 0 saturated heterocycles. The maximum absolute atomic E-state index is 13.1. The number of rotatable bonds is 79. The molecule has 0 heterocycles. The highest BCUT2D eigenvalue weighted by atomic mass is 31.2. The first-order valence-electron chi connectivity index (χ1n) is 41.8. The number of ether oxygens (including phenoxy) is 4. The van der Waals surface area contributed by atoms with Crippen molar-refractivity contribution in [2.24, 2.45) is 17.8 Å². The van der Waals surface area contributed by atoms with Crippen molar-refractivity contribution >= 4 is 39.5 Å². The van der Waals surface area contributed by atoms with E-state index in [1.807, 2.05) is 0 Å². The molecule has 0 rings (SSSR count). The fraction of sp³-hybridized carbons (Fsp3) is 0.951. The highest BCUT2D eigenvalue weighted by molar-refractivity contribution is 7.47. The van der Waals surface area contributed by atoms with Crippen LogP contribution in [0.2, 0.25) is 0 Å². The van der Waals surface area contributed by atoms with Gasteiger partial charge in [0, 0.05) is 25.7 Å². The maximum Gasteiger partial charge on any atom is 0.472 e. The van der Waals surface area contributed by atoms with E-state index >= 15 is 0 Å². The summed E-state index contributed by atoms with van der Waals surface area (Å²) >= 11 is 0. The Balaban J connectivity index is 5.23. The van der Waals surface area contributed by atoms with Gasteiger partial charge in [-0.2, -0.15) is 0 Å². The third-order valence-corrected chi connectivity index (χ3v) is 20.8. The van der Waals surface area contributed by atoms with Crippen LogP contribution in [0.1, 0.15) is 421 Å². The van der Waals surface area contributed by atoms with Gasteiger partial charge in [-0.05, 0) is 43.4 Å². The predicted molar refractivity (Wildman–Crippen MR) is 409 cm³/mol. The van der Waals surface area contributed by atoms with Crippen molar-refractivity contribution in [1.29, 1.82) is 0 Å². The predicted octanol–water partition coefficient (Wildman–Crippen LogP) is 24.1. The summed E-state index contributed by atoms with van der Waals surface area (Å²) in [6.07, 6.45) is 59.6. The molecule has 0 aliphatic rings. The lowest BCUT2D eigenvalue weighted by Crippen LogP contribution is -2.30. The number of carbonyl (C=O) groups is 4. The number of aliphatic hydroxyl groups is 1. The molecule has 5 atom stereocenters. The highest BCUT2D eigenvalue weighted by Crippen LogP contribution is 2.45. The van der Waals surface area contributed by atoms with Crippen LogP contribution < -0.4 is 0 Å². The monoisotopic (exact) mass is 1470 g/mol. The highest BCUT2D eigenvalue weighted by Gasteiger charge is 2.30. The minimum atomic E-state index is -4.96. The Morgan fingerprint density at radius 1 is 0.270 bits per heavy atom. The number of esters is 4. The van der Waals surface area contributed by atoms with Gasteiger partial charge in [-0.15, -0.1) is 0 Å². The summed E-state index contributed by atoms with van der Waals surface area (Å²) < 4.78 is 68.7. The molecule has 17 nitrogen and oxygen atoms in total. The van der Waals surface area contributed by atoms with Crippen LogP contribution in [0.15, 0.2) is 0 Å². The molecule has 0 aliphatic carbocycles. The molecule has 2 unspecified atom stereocenters. The maximum atomic E-state index is 13.1. The van der Waals surface area contributed by atoms with E-state index in [1.165, 1.54) is 231 Å². The molecular formula is C81H158O17P2. The quantitative estimate of drug-likeness (QED) is 0.0222. The number of hydrogen-bond acceptors (Lipinski definition) is 15. The summed E-state index contributed by atoms with van der Waals surface area (Å²) in [6.45, 7) is 12.0. The summed E-state index contributed by atoms with van der Waals surface area (Å²) in [5.41, 5.74) is 0. The molecule has 0 aliphatic heterocycles. The molecule has 0 aromatic rings. The molecule has 19 heteroatoms. The Labute approximate surface area is 613 Å². The molecule has 0 spiro atoms. The van der Waals surface area contributed by atoms with Gasteiger partial charge < -0.3 is 33.8 Å². The van der Waals surface area contributed by atoms with E-state index in [2.05, 4.69) is 48.5 Å². The average molecular weight is 1470 g/mol. The molecular weight excluding hydrogens is 1310 g/mol. The fourth-order valence-corrected chi connectivity index (χ4v) is 14.1. The van der Waals surface area contributed by atoms with Crippen LogP contribution in [-0.4, -0.2) is 96.7 Å². The Morgan fingerprint density at radius 2 is 0.460 bits per heavy atom. The van der Waals surface area contributed by atoms with Crippen molar-refractivity contribution in [3.8, 4) is 0 Å². The first kappa shape index (κ1) is 98.1. The minimum Gasteiger partial charge on any atom is -0.462 e. The number of unbranched alkanes of at least 4 members (excludes halogenated alkanes) is 47. The van der Waals surface area contributed by atoms with Gasteiger partial charge in [0.15, 0.2) is 12.2 Å². The van der Waals surface area contributed by atoms with Crippen molar-refractivity contribution < 1.29 is 80.2 Å². The first-order chi connectivity index (χ1) is 48.2. The summed E-state index contributed by atoms with van der Waals surface area (Å²) in [5.74, 6) is 0.257. The number of aliphatic hydroxyl groups excluding tert-OH is 1. The van der Waals surface area contributed by atoms with E-state index in [-0.39, 0.29) is 25.7 Å². The van der Waals surface area contributed by atoms with E-state index in [1.54, 1.807) is 0 Å². The van der Waals surface area contributed by atoms with E-state index < -0.39 is 97.5 Å². The Bertz CT molecular complexity index is 1940. The van der Waals surface area contributed by atoms with Crippen LogP contribution in [0.25, 0.3) is 0 Å². The van der Waals surface area contributed by atoms with Gasteiger partial charge in [0.1, 0.15) is 19.3 Å². The van der Waals surface area contributed by atoms with Crippen LogP contribution in [0, 0.1) is 17.8 Å². The molecule has 0 aromatic heterocycles. The Kier molecular flexibility index (Phi) is 69.9. The Hall–Kier alpha value is -1.94. The lowest BCUT2D eigenvalue weighted by molar-refractivity contribution is -0.161. The lowest BCUT2D eigenvalue weighted by Gasteiger charge is -2.21. The van der Waals surface area contributed by atoms with Crippen molar-refractivity contribution in [3.05, 3.63) is 0 Å². The van der Waals surface area contributed by atoms with Gasteiger partial charge in [0.2, 0.25) is 0 Å². The molecule has 0 saturated carbocycles. The molecule has 0 radical (unpaired) electrons. The van der Waals surface area contributed by atoms with Crippen LogP contribution in [0.5, 0.6) is 0 Å². The zero-order chi connectivity index (χ0) is 73.7. The van der Waals surface area contributed by atoms with Crippen LogP contribution in [-0.2, 0) is 65.4 Å². The number of phosphoric acid groups is 2. The van der Waals surface area contributed by atoms with Gasteiger partial charge in [-0.25, -0.2) is 9.13 Å². The van der Waals surface area contributed by atoms with Crippen molar-refractivity contribution in [2.45, 2.75) is 439 Å². The normalized spacial score (nSPS) is 14.0. The largest absolute Gasteiger partial charge is 0.472 e. The average Bonchev–Trinajstić information content (AvgIpc) is 0.960. The summed E-state index contributed by atoms with van der Waals surface area (Å²) in [7, 11) is -9.92. The van der Waals surface area contributed by atoms with E-state index in [9.17, 15) is 43.2 Å². The summed E-state index contributed by atoms with van der Waals surface area (Å²) in [4.78, 5) is 73.0.